The van der Waals surface area contributed by atoms with E-state index in [4.69, 9.17) is 4.42 Å². The second-order valence-electron chi connectivity index (χ2n) is 7.00. The monoisotopic (exact) mass is 390 g/mol. The Bertz CT molecular complexity index is 1220. The highest BCUT2D eigenvalue weighted by molar-refractivity contribution is 5.89. The van der Waals surface area contributed by atoms with Gasteiger partial charge in [0.2, 0.25) is 5.91 Å². The largest absolute Gasteiger partial charge is 0.467 e. The molecule has 1 aromatic carbocycles. The molecule has 29 heavy (non-hydrogen) atoms. The van der Waals surface area contributed by atoms with Crippen LogP contribution in [0, 0.1) is 13.8 Å². The summed E-state index contributed by atoms with van der Waals surface area (Å²) in [6.45, 7) is 5.90. The molecule has 0 aliphatic rings. The molecule has 4 rings (SSSR count). The summed E-state index contributed by atoms with van der Waals surface area (Å²) in [6, 6.07) is 12.4. The minimum atomic E-state index is -0.484. The first-order valence-electron chi connectivity index (χ1n) is 9.44. The average Bonchev–Trinajstić information content (AvgIpc) is 3.33. The Hall–Kier alpha value is -3.61. The molecule has 1 amide bonds. The van der Waals surface area contributed by atoms with E-state index < -0.39 is 6.04 Å². The van der Waals surface area contributed by atoms with Crippen LogP contribution in [-0.2, 0) is 11.3 Å². The first-order chi connectivity index (χ1) is 14.0. The number of nitrogens with one attached hydrogen (secondary N) is 1. The van der Waals surface area contributed by atoms with Crippen molar-refractivity contribution < 1.29 is 9.21 Å². The van der Waals surface area contributed by atoms with Crippen LogP contribution in [0.15, 0.2) is 64.1 Å². The third-order valence-electron chi connectivity index (χ3n) is 5.24. The Kier molecular flexibility index (Phi) is 4.80. The van der Waals surface area contributed by atoms with E-state index in [1.807, 2.05) is 61.7 Å². The Morgan fingerprint density at radius 2 is 1.90 bits per heavy atom. The lowest BCUT2D eigenvalue weighted by Crippen LogP contribution is -2.31. The van der Waals surface area contributed by atoms with Gasteiger partial charge in [-0.15, -0.1) is 0 Å². The van der Waals surface area contributed by atoms with Gasteiger partial charge >= 0.3 is 0 Å². The average molecular weight is 390 g/mol. The number of carbonyl (C=O) groups is 1. The van der Waals surface area contributed by atoms with Crippen LogP contribution in [0.25, 0.3) is 16.5 Å². The maximum atomic E-state index is 13.2. The summed E-state index contributed by atoms with van der Waals surface area (Å²) < 4.78 is 8.54. The molecule has 1 atom stereocenters. The Labute approximate surface area is 167 Å². The van der Waals surface area contributed by atoms with Crippen LogP contribution in [0.5, 0.6) is 0 Å². The predicted octanol–water partition coefficient (Wildman–Crippen LogP) is 3.27. The summed E-state index contributed by atoms with van der Waals surface area (Å²) in [5.74, 6) is 0.538. The molecular weight excluding hydrogens is 368 g/mol. The van der Waals surface area contributed by atoms with Gasteiger partial charge in [0.1, 0.15) is 11.8 Å². The van der Waals surface area contributed by atoms with Crippen LogP contribution in [0.3, 0.4) is 0 Å². The fourth-order valence-electron chi connectivity index (χ4n) is 3.77. The smallest absolute Gasteiger partial charge is 0.281 e. The van der Waals surface area contributed by atoms with Crippen LogP contribution in [0.2, 0.25) is 0 Å². The maximum Gasteiger partial charge on any atom is 0.281 e. The number of para-hydroxylation sites is 1. The van der Waals surface area contributed by atoms with Gasteiger partial charge in [-0.2, -0.15) is 9.78 Å². The molecule has 4 aromatic rings. The molecule has 1 N–H and O–H groups in total. The Balaban J connectivity index is 1.72. The minimum Gasteiger partial charge on any atom is -0.467 e. The van der Waals surface area contributed by atoms with Gasteiger partial charge < -0.3 is 14.3 Å². The SMILES string of the molecule is Cc1c2cnn(-c3ccccc3)c(=O)c2c(C)n1C(C)C(=O)NCc1ccco1. The molecule has 0 spiro atoms. The van der Waals surface area contributed by atoms with E-state index in [0.717, 1.165) is 16.8 Å². The molecule has 0 saturated carbocycles. The number of furan rings is 1. The van der Waals surface area contributed by atoms with Crippen molar-refractivity contribution in [1.29, 1.82) is 0 Å². The number of aryl methyl sites for hydroxylation is 2. The molecular formula is C22H22N4O3. The first-order valence-corrected chi connectivity index (χ1v) is 9.44. The van der Waals surface area contributed by atoms with Crippen molar-refractivity contribution in [2.75, 3.05) is 0 Å². The van der Waals surface area contributed by atoms with Crippen LogP contribution in [0.4, 0.5) is 0 Å². The summed E-state index contributed by atoms with van der Waals surface area (Å²) in [5.41, 5.74) is 2.09. The van der Waals surface area contributed by atoms with Crippen LogP contribution in [0.1, 0.15) is 30.1 Å². The summed E-state index contributed by atoms with van der Waals surface area (Å²) >= 11 is 0. The van der Waals surface area contributed by atoms with Crippen molar-refractivity contribution in [3.63, 3.8) is 0 Å². The van der Waals surface area contributed by atoms with Gasteiger partial charge in [0.15, 0.2) is 0 Å². The van der Waals surface area contributed by atoms with E-state index in [0.29, 0.717) is 23.4 Å². The zero-order valence-corrected chi connectivity index (χ0v) is 16.5. The van der Waals surface area contributed by atoms with Gasteiger partial charge in [-0.3, -0.25) is 9.59 Å². The second kappa shape index (κ2) is 7.43. The normalized spacial score (nSPS) is 12.2. The first kappa shape index (κ1) is 18.7. The predicted molar refractivity (Wildman–Crippen MR) is 110 cm³/mol. The van der Waals surface area contributed by atoms with Gasteiger partial charge in [0.05, 0.1) is 30.1 Å². The number of nitrogens with zero attached hydrogens (tertiary/aromatic N) is 3. The lowest BCUT2D eigenvalue weighted by Gasteiger charge is -2.17. The fourth-order valence-corrected chi connectivity index (χ4v) is 3.77. The molecule has 148 valence electrons. The molecule has 0 aliphatic carbocycles. The number of hydrogen-bond acceptors (Lipinski definition) is 4. The van der Waals surface area contributed by atoms with Crippen LogP contribution < -0.4 is 10.9 Å². The third kappa shape index (κ3) is 3.24. The number of carbonyl (C=O) groups excluding carboxylic acids is 1. The number of rotatable bonds is 5. The van der Waals surface area contributed by atoms with Crippen molar-refractivity contribution in [1.82, 2.24) is 19.7 Å². The van der Waals surface area contributed by atoms with E-state index in [9.17, 15) is 9.59 Å². The highest BCUT2D eigenvalue weighted by atomic mass is 16.3. The maximum absolute atomic E-state index is 13.2. The summed E-state index contributed by atoms with van der Waals surface area (Å²) in [4.78, 5) is 25.9. The van der Waals surface area contributed by atoms with Crippen molar-refractivity contribution >= 4 is 16.7 Å². The summed E-state index contributed by atoms with van der Waals surface area (Å²) in [7, 11) is 0. The quantitative estimate of drug-likeness (QED) is 0.567. The summed E-state index contributed by atoms with van der Waals surface area (Å²) in [6.07, 6.45) is 3.26. The van der Waals surface area contributed by atoms with E-state index >= 15 is 0 Å². The molecule has 0 saturated heterocycles. The highest BCUT2D eigenvalue weighted by Gasteiger charge is 2.23. The lowest BCUT2D eigenvalue weighted by molar-refractivity contribution is -0.124. The summed E-state index contributed by atoms with van der Waals surface area (Å²) in [5, 5.41) is 8.56. The molecule has 0 aliphatic heterocycles. The molecule has 3 aromatic heterocycles. The van der Waals surface area contributed by atoms with E-state index in [1.54, 1.807) is 18.5 Å². The molecule has 0 radical (unpaired) electrons. The standard InChI is InChI=1S/C22H22N4O3/c1-14-19-13-24-26(17-8-5-4-6-9-17)22(28)20(19)15(2)25(14)16(3)21(27)23-12-18-10-7-11-29-18/h4-11,13,16H,12H2,1-3H3,(H,23,27). The Morgan fingerprint density at radius 1 is 1.14 bits per heavy atom. The number of aromatic nitrogens is 3. The number of amides is 1. The van der Waals surface area contributed by atoms with Crippen molar-refractivity contribution in [2.24, 2.45) is 0 Å². The van der Waals surface area contributed by atoms with Gasteiger partial charge in [0.25, 0.3) is 5.56 Å². The minimum absolute atomic E-state index is 0.149. The van der Waals surface area contributed by atoms with Crippen molar-refractivity contribution in [3.8, 4) is 5.69 Å². The zero-order valence-electron chi connectivity index (χ0n) is 16.5. The van der Waals surface area contributed by atoms with Gasteiger partial charge in [-0.05, 0) is 45.0 Å². The lowest BCUT2D eigenvalue weighted by atomic mass is 10.2. The molecule has 7 heteroatoms. The number of fused-ring (bicyclic) bond motifs is 1. The van der Waals surface area contributed by atoms with E-state index in [2.05, 4.69) is 10.4 Å². The van der Waals surface area contributed by atoms with Gasteiger partial charge in [0, 0.05) is 16.8 Å². The van der Waals surface area contributed by atoms with Crippen LogP contribution >= 0.6 is 0 Å². The topological polar surface area (TPSA) is 82.1 Å². The second-order valence-corrected chi connectivity index (χ2v) is 7.00. The molecule has 7 nitrogen and oxygen atoms in total. The molecule has 1 unspecified atom stereocenters. The third-order valence-corrected chi connectivity index (χ3v) is 5.24. The zero-order chi connectivity index (χ0) is 20.5. The molecule has 0 fully saturated rings. The van der Waals surface area contributed by atoms with Crippen molar-refractivity contribution in [3.05, 3.63) is 82.4 Å². The number of hydrogen-bond donors (Lipinski definition) is 1. The van der Waals surface area contributed by atoms with Gasteiger partial charge in [-0.25, -0.2) is 0 Å². The molecule has 3 heterocycles. The van der Waals surface area contributed by atoms with Crippen molar-refractivity contribution in [2.45, 2.75) is 33.4 Å². The Morgan fingerprint density at radius 3 is 2.59 bits per heavy atom. The molecule has 0 bridgehead atoms. The highest BCUT2D eigenvalue weighted by Crippen LogP contribution is 2.26. The van der Waals surface area contributed by atoms with E-state index in [1.165, 1.54) is 4.68 Å². The van der Waals surface area contributed by atoms with Gasteiger partial charge in [-0.1, -0.05) is 18.2 Å². The number of benzene rings is 1. The fraction of sp³-hybridized carbons (Fsp3) is 0.227. The van der Waals surface area contributed by atoms with E-state index in [-0.39, 0.29) is 11.5 Å². The van der Waals surface area contributed by atoms with Crippen LogP contribution in [-0.4, -0.2) is 20.3 Å².